The van der Waals surface area contributed by atoms with Crippen molar-refractivity contribution in [3.8, 4) is 0 Å². The molecule has 8 N–H and O–H groups in total. The Labute approximate surface area is 358 Å². The van der Waals surface area contributed by atoms with E-state index in [1.165, 1.54) is 25.8 Å². The number of allylic oxidation sites excluding steroid dienone is 1. The summed E-state index contributed by atoms with van der Waals surface area (Å²) in [5, 5.41) is 85.9. The monoisotopic (exact) mass is 868 g/mol. The van der Waals surface area contributed by atoms with Gasteiger partial charge in [-0.05, 0) is 106 Å². The second-order valence-corrected chi connectivity index (χ2v) is 21.1. The molecule has 0 aromatic heterocycles. The number of hydrogen-bond acceptors (Lipinski definition) is 16. The van der Waals surface area contributed by atoms with Crippen molar-refractivity contribution in [1.82, 2.24) is 0 Å². The summed E-state index contributed by atoms with van der Waals surface area (Å²) in [5.74, 6) is 2.64. The van der Waals surface area contributed by atoms with E-state index in [0.717, 1.165) is 45.1 Å². The maximum atomic E-state index is 12.0. The van der Waals surface area contributed by atoms with Crippen LogP contribution in [0.5, 0.6) is 0 Å². The fourth-order valence-corrected chi connectivity index (χ4v) is 14.0. The molecule has 26 atom stereocenters. The van der Waals surface area contributed by atoms with E-state index in [0.29, 0.717) is 48.3 Å². The van der Waals surface area contributed by atoms with Gasteiger partial charge in [-0.2, -0.15) is 0 Å². The van der Waals surface area contributed by atoms with Crippen LogP contribution in [0, 0.1) is 46.3 Å². The van der Waals surface area contributed by atoms with Crippen molar-refractivity contribution in [1.29, 1.82) is 0 Å². The van der Waals surface area contributed by atoms with Gasteiger partial charge in [-0.3, -0.25) is 0 Å². The van der Waals surface area contributed by atoms with Gasteiger partial charge in [0.2, 0.25) is 0 Å². The largest absolute Gasteiger partial charge is 0.394 e. The molecule has 0 bridgehead atoms. The lowest BCUT2D eigenvalue weighted by atomic mass is 9.47. The molecule has 5 saturated heterocycles. The fourth-order valence-electron chi connectivity index (χ4n) is 14.0. The summed E-state index contributed by atoms with van der Waals surface area (Å²) < 4.78 is 50.1. The molecule has 0 radical (unpaired) electrons. The van der Waals surface area contributed by atoms with Crippen molar-refractivity contribution in [2.24, 2.45) is 46.3 Å². The Hall–Kier alpha value is -0.900. The SMILES string of the molecule is C[C@@H]1CC[C@]2(OC1)O[C@@H]1C[C@@H]3[C@H]4CC=C5C[C@@H](O[C@H]6O[C@@H](CO)[C@H](O[C@H]7O[C@H](C)[C@H](O)[C@H](O)[C@@H]7O)[C@@H](O)[C@H]6O[C@H]6O[C@@H](C)[C@@H](O)[C@@H](O)[C@H]6O)CC[C@]5(C)[C@@H]4CC[C@@]3(C)[C@@H]1[C@H]2C. The molecule has 0 aromatic rings. The minimum absolute atomic E-state index is 0.0171. The minimum atomic E-state index is -1.71. The van der Waals surface area contributed by atoms with Crippen molar-refractivity contribution >= 4 is 0 Å². The van der Waals surface area contributed by atoms with Crippen molar-refractivity contribution in [3.05, 3.63) is 11.6 Å². The van der Waals surface area contributed by atoms with E-state index in [2.05, 4.69) is 33.8 Å². The van der Waals surface area contributed by atoms with E-state index >= 15 is 0 Å². The highest BCUT2D eigenvalue weighted by atomic mass is 16.8. The van der Waals surface area contributed by atoms with Crippen LogP contribution in [0.15, 0.2) is 11.6 Å². The van der Waals surface area contributed by atoms with Crippen LogP contribution in [0.2, 0.25) is 0 Å². The maximum absolute atomic E-state index is 12.0. The molecule has 4 aliphatic carbocycles. The minimum Gasteiger partial charge on any atom is -0.394 e. The highest BCUT2D eigenvalue weighted by molar-refractivity contribution is 5.26. The van der Waals surface area contributed by atoms with Gasteiger partial charge in [0.1, 0.15) is 61.0 Å². The quantitative estimate of drug-likeness (QED) is 0.168. The van der Waals surface area contributed by atoms with Crippen molar-refractivity contribution < 1.29 is 78.7 Å². The van der Waals surface area contributed by atoms with Gasteiger partial charge in [0.15, 0.2) is 24.7 Å². The molecule has 61 heavy (non-hydrogen) atoms. The first-order valence-electron chi connectivity index (χ1n) is 23.2. The number of rotatable bonds is 7. The molecular weight excluding hydrogens is 796 g/mol. The lowest BCUT2D eigenvalue weighted by Crippen LogP contribution is -2.66. The van der Waals surface area contributed by atoms with Gasteiger partial charge in [0, 0.05) is 12.3 Å². The second kappa shape index (κ2) is 16.8. The Kier molecular flexibility index (Phi) is 12.4. The molecule has 0 unspecified atom stereocenters. The Balaban J connectivity index is 0.916. The Morgan fingerprint density at radius 2 is 1.34 bits per heavy atom. The predicted octanol–water partition coefficient (Wildman–Crippen LogP) is 1.24. The molecular formula is C45H72O16. The third kappa shape index (κ3) is 7.42. The van der Waals surface area contributed by atoms with E-state index < -0.39 is 105 Å². The van der Waals surface area contributed by atoms with Crippen LogP contribution >= 0.6 is 0 Å². The van der Waals surface area contributed by atoms with Gasteiger partial charge in [-0.1, -0.05) is 39.3 Å². The molecule has 8 fully saturated rings. The molecule has 16 nitrogen and oxygen atoms in total. The van der Waals surface area contributed by atoms with Crippen LogP contribution in [-0.4, -0.2) is 164 Å². The van der Waals surface area contributed by atoms with Crippen molar-refractivity contribution in [2.75, 3.05) is 13.2 Å². The van der Waals surface area contributed by atoms with E-state index in [-0.39, 0.29) is 23.0 Å². The Morgan fingerprint density at radius 1 is 0.689 bits per heavy atom. The van der Waals surface area contributed by atoms with E-state index in [9.17, 15) is 40.9 Å². The Bertz CT molecular complexity index is 1590. The molecule has 9 aliphatic rings. The number of aliphatic hydroxyl groups is 8. The highest BCUT2D eigenvalue weighted by Crippen LogP contribution is 2.70. The van der Waals surface area contributed by atoms with Crippen LogP contribution in [0.25, 0.3) is 0 Å². The third-order valence-corrected chi connectivity index (χ3v) is 17.6. The highest BCUT2D eigenvalue weighted by Gasteiger charge is 2.69. The van der Waals surface area contributed by atoms with Crippen LogP contribution < -0.4 is 0 Å². The second-order valence-electron chi connectivity index (χ2n) is 21.1. The zero-order chi connectivity index (χ0) is 43.5. The first-order chi connectivity index (χ1) is 28.9. The van der Waals surface area contributed by atoms with Gasteiger partial charge in [-0.15, -0.1) is 0 Å². The van der Waals surface area contributed by atoms with Crippen molar-refractivity contribution in [2.45, 2.75) is 209 Å². The zero-order valence-corrected chi connectivity index (χ0v) is 36.5. The fraction of sp³-hybridized carbons (Fsp3) is 0.956. The van der Waals surface area contributed by atoms with Gasteiger partial charge in [-0.25, -0.2) is 0 Å². The molecule has 3 saturated carbocycles. The summed E-state index contributed by atoms with van der Waals surface area (Å²) in [5.41, 5.74) is 1.53. The number of aliphatic hydroxyl groups excluding tert-OH is 8. The summed E-state index contributed by atoms with van der Waals surface area (Å²) in [7, 11) is 0. The molecule has 348 valence electrons. The first-order valence-corrected chi connectivity index (χ1v) is 23.2. The molecule has 9 rings (SSSR count). The normalized spacial score (nSPS) is 58.4. The van der Waals surface area contributed by atoms with Gasteiger partial charge < -0.3 is 78.7 Å². The summed E-state index contributed by atoms with van der Waals surface area (Å²) in [6, 6.07) is 0. The van der Waals surface area contributed by atoms with Gasteiger partial charge in [0.25, 0.3) is 0 Å². The van der Waals surface area contributed by atoms with E-state index in [1.54, 1.807) is 0 Å². The number of ether oxygens (including phenoxy) is 8. The number of hydrogen-bond donors (Lipinski definition) is 8. The van der Waals surface area contributed by atoms with Crippen molar-refractivity contribution in [3.63, 3.8) is 0 Å². The first kappa shape index (κ1) is 45.3. The third-order valence-electron chi connectivity index (χ3n) is 17.6. The van der Waals surface area contributed by atoms with Crippen LogP contribution in [0.3, 0.4) is 0 Å². The summed E-state index contributed by atoms with van der Waals surface area (Å²) >= 11 is 0. The average Bonchev–Trinajstić information content (AvgIpc) is 3.69. The molecule has 16 heteroatoms. The van der Waals surface area contributed by atoms with Gasteiger partial charge >= 0.3 is 0 Å². The topological polar surface area (TPSA) is 236 Å². The van der Waals surface area contributed by atoms with Crippen LogP contribution in [0.4, 0.5) is 0 Å². The molecule has 5 heterocycles. The Morgan fingerprint density at radius 3 is 1.97 bits per heavy atom. The molecule has 0 aromatic carbocycles. The molecule has 1 spiro atoms. The summed E-state index contributed by atoms with van der Waals surface area (Å²) in [4.78, 5) is 0. The standard InChI is InChI=1S/C45H72O16/c1-19-9-14-45(54-18-19)20(2)30-28(61-45)16-27-25-8-7-23-15-24(10-12-43(23,5)26(25)11-13-44(27,30)6)57-42-39(60-41-36(52)34(50)32(48)22(4)56-41)37(53)38(29(17-46)58-42)59-40-35(51)33(49)31(47)21(3)55-40/h7,19-22,24-42,46-53H,8-18H2,1-6H3/t19-,20-,21-,22+,24+,25+,26-,27-,28-,29+,30-,31+,32-,33+,34-,35+,36-,37-,38+,39-,40-,41-,42+,43+,44-,45+/m1/s1. The summed E-state index contributed by atoms with van der Waals surface area (Å²) in [6.45, 7) is 12.7. The maximum Gasteiger partial charge on any atom is 0.187 e. The smallest absolute Gasteiger partial charge is 0.187 e. The van der Waals surface area contributed by atoms with E-state index in [1.807, 2.05) is 0 Å². The zero-order valence-electron chi connectivity index (χ0n) is 36.5. The summed E-state index contributed by atoms with van der Waals surface area (Å²) in [6.07, 6.45) is -10.4. The van der Waals surface area contributed by atoms with Gasteiger partial charge in [0.05, 0.1) is 37.6 Å². The molecule has 5 aliphatic heterocycles. The average molecular weight is 869 g/mol. The molecule has 0 amide bonds. The van der Waals surface area contributed by atoms with Crippen LogP contribution in [-0.2, 0) is 37.9 Å². The van der Waals surface area contributed by atoms with E-state index in [4.69, 9.17) is 37.9 Å². The lowest BCUT2D eigenvalue weighted by molar-refractivity contribution is -0.388. The predicted molar refractivity (Wildman–Crippen MR) is 213 cm³/mol. The van der Waals surface area contributed by atoms with Crippen LogP contribution in [0.1, 0.15) is 99.3 Å². The lowest BCUT2D eigenvalue weighted by Gasteiger charge is -2.58. The number of fused-ring (bicyclic) bond motifs is 7.